The molecule has 2 aromatic heterocycles. The van der Waals surface area contributed by atoms with Crippen molar-refractivity contribution in [3.05, 3.63) is 48.0 Å². The topological polar surface area (TPSA) is 76.7 Å². The summed E-state index contributed by atoms with van der Waals surface area (Å²) in [5.41, 5.74) is 0.665. The Morgan fingerprint density at radius 2 is 2.14 bits per heavy atom. The van der Waals surface area contributed by atoms with E-state index >= 15 is 0 Å². The van der Waals surface area contributed by atoms with Crippen molar-refractivity contribution >= 4 is 11.6 Å². The Kier molecular flexibility index (Phi) is 3.02. The summed E-state index contributed by atoms with van der Waals surface area (Å²) >= 11 is 0. The van der Waals surface area contributed by atoms with E-state index < -0.39 is 11.8 Å². The van der Waals surface area contributed by atoms with Crippen molar-refractivity contribution in [2.75, 3.05) is 7.11 Å². The van der Waals surface area contributed by atoms with Crippen LogP contribution in [0.15, 0.2) is 36.5 Å². The van der Waals surface area contributed by atoms with Crippen LogP contribution in [0.3, 0.4) is 0 Å². The lowest BCUT2D eigenvalue weighted by Gasteiger charge is -2.07. The third kappa shape index (κ3) is 2.18. The second-order valence-electron chi connectivity index (χ2n) is 4.28. The Morgan fingerprint density at radius 3 is 2.81 bits per heavy atom. The molecular weight excluding hydrogens is 277 g/mol. The van der Waals surface area contributed by atoms with E-state index in [4.69, 9.17) is 4.74 Å². The van der Waals surface area contributed by atoms with E-state index in [-0.39, 0.29) is 17.0 Å². The van der Waals surface area contributed by atoms with Crippen LogP contribution in [0, 0.1) is 5.82 Å². The van der Waals surface area contributed by atoms with Gasteiger partial charge in [0.25, 0.3) is 0 Å². The smallest absolute Gasteiger partial charge is 0.354 e. The number of benzene rings is 1. The SMILES string of the molecule is COc1ccc(-c2cc(C(=O)O)n3nccc3n2)c(F)c1. The molecule has 0 bridgehead atoms. The maximum absolute atomic E-state index is 14.1. The van der Waals surface area contributed by atoms with Crippen LogP contribution in [0.2, 0.25) is 0 Å². The zero-order valence-electron chi connectivity index (χ0n) is 10.9. The monoisotopic (exact) mass is 287 g/mol. The van der Waals surface area contributed by atoms with Gasteiger partial charge in [0, 0.05) is 17.7 Å². The van der Waals surface area contributed by atoms with E-state index in [9.17, 15) is 14.3 Å². The normalized spacial score (nSPS) is 10.8. The predicted molar refractivity (Wildman–Crippen MR) is 71.9 cm³/mol. The molecule has 3 aromatic rings. The van der Waals surface area contributed by atoms with Gasteiger partial charge in [0.1, 0.15) is 11.6 Å². The molecule has 106 valence electrons. The van der Waals surface area contributed by atoms with Crippen molar-refractivity contribution in [3.8, 4) is 17.0 Å². The molecule has 3 rings (SSSR count). The highest BCUT2D eigenvalue weighted by Crippen LogP contribution is 2.26. The van der Waals surface area contributed by atoms with Gasteiger partial charge in [-0.05, 0) is 18.2 Å². The molecule has 1 aromatic carbocycles. The van der Waals surface area contributed by atoms with Crippen LogP contribution in [-0.2, 0) is 0 Å². The molecule has 7 heteroatoms. The Bertz CT molecular complexity index is 845. The molecular formula is C14H10FN3O3. The standard InChI is InChI=1S/C14H10FN3O3/c1-21-8-2-3-9(10(15)6-8)11-7-12(14(19)20)18-13(17-11)4-5-16-18/h2-7H,1H3,(H,19,20). The summed E-state index contributed by atoms with van der Waals surface area (Å²) in [5.74, 6) is -1.33. The van der Waals surface area contributed by atoms with Gasteiger partial charge in [0.15, 0.2) is 11.3 Å². The fourth-order valence-electron chi connectivity index (χ4n) is 2.03. The number of nitrogens with zero attached hydrogens (tertiary/aromatic N) is 3. The van der Waals surface area contributed by atoms with Crippen molar-refractivity contribution in [1.29, 1.82) is 0 Å². The molecule has 0 spiro atoms. The summed E-state index contributed by atoms with van der Waals surface area (Å²) in [6.45, 7) is 0. The fraction of sp³-hybridized carbons (Fsp3) is 0.0714. The number of aromatic nitrogens is 3. The van der Waals surface area contributed by atoms with E-state index in [2.05, 4.69) is 10.1 Å². The molecule has 0 atom stereocenters. The molecule has 0 fully saturated rings. The minimum absolute atomic E-state index is 0.0878. The van der Waals surface area contributed by atoms with E-state index in [1.54, 1.807) is 12.1 Å². The van der Waals surface area contributed by atoms with Crippen LogP contribution in [0.1, 0.15) is 10.5 Å². The first kappa shape index (κ1) is 13.0. The Balaban J connectivity index is 2.23. The summed E-state index contributed by atoms with van der Waals surface area (Å²) in [5, 5.41) is 13.1. The van der Waals surface area contributed by atoms with Crippen molar-refractivity contribution in [2.24, 2.45) is 0 Å². The van der Waals surface area contributed by atoms with Crippen LogP contribution in [0.5, 0.6) is 5.75 Å². The molecule has 0 unspecified atom stereocenters. The van der Waals surface area contributed by atoms with Gasteiger partial charge >= 0.3 is 5.97 Å². The molecule has 21 heavy (non-hydrogen) atoms. The predicted octanol–water partition coefficient (Wildman–Crippen LogP) is 2.24. The number of hydrogen-bond acceptors (Lipinski definition) is 4. The highest BCUT2D eigenvalue weighted by atomic mass is 19.1. The first-order valence-electron chi connectivity index (χ1n) is 6.02. The van der Waals surface area contributed by atoms with Crippen LogP contribution >= 0.6 is 0 Å². The van der Waals surface area contributed by atoms with Crippen molar-refractivity contribution in [3.63, 3.8) is 0 Å². The van der Waals surface area contributed by atoms with Gasteiger partial charge in [0.05, 0.1) is 19.0 Å². The van der Waals surface area contributed by atoms with Crippen molar-refractivity contribution < 1.29 is 19.0 Å². The zero-order valence-corrected chi connectivity index (χ0v) is 10.9. The minimum atomic E-state index is -1.17. The van der Waals surface area contributed by atoms with E-state index in [1.807, 2.05) is 0 Å². The van der Waals surface area contributed by atoms with Crippen LogP contribution in [-0.4, -0.2) is 32.8 Å². The van der Waals surface area contributed by atoms with Gasteiger partial charge in [-0.25, -0.2) is 18.7 Å². The van der Waals surface area contributed by atoms with Crippen molar-refractivity contribution in [2.45, 2.75) is 0 Å². The molecule has 1 N–H and O–H groups in total. The Labute approximate surface area is 118 Å². The number of ether oxygens (including phenoxy) is 1. The zero-order chi connectivity index (χ0) is 15.0. The van der Waals surface area contributed by atoms with Crippen LogP contribution in [0.25, 0.3) is 16.9 Å². The van der Waals surface area contributed by atoms with E-state index in [0.29, 0.717) is 11.4 Å². The molecule has 0 radical (unpaired) electrons. The summed E-state index contributed by atoms with van der Waals surface area (Å²) < 4.78 is 20.2. The lowest BCUT2D eigenvalue weighted by molar-refractivity contribution is 0.0687. The third-order valence-electron chi connectivity index (χ3n) is 3.03. The number of halogens is 1. The number of hydrogen-bond donors (Lipinski definition) is 1. The third-order valence-corrected chi connectivity index (χ3v) is 3.03. The van der Waals surface area contributed by atoms with E-state index in [1.165, 1.54) is 36.0 Å². The van der Waals surface area contributed by atoms with Crippen LogP contribution in [0.4, 0.5) is 4.39 Å². The average molecular weight is 287 g/mol. The first-order chi connectivity index (χ1) is 10.1. The van der Waals surface area contributed by atoms with E-state index in [0.717, 1.165) is 0 Å². The summed E-state index contributed by atoms with van der Waals surface area (Å²) in [6.07, 6.45) is 1.43. The number of fused-ring (bicyclic) bond motifs is 1. The fourth-order valence-corrected chi connectivity index (χ4v) is 2.03. The summed E-state index contributed by atoms with van der Waals surface area (Å²) in [4.78, 5) is 15.5. The summed E-state index contributed by atoms with van der Waals surface area (Å²) in [6, 6.07) is 7.14. The van der Waals surface area contributed by atoms with Crippen molar-refractivity contribution in [1.82, 2.24) is 14.6 Å². The number of carbonyl (C=O) groups is 1. The van der Waals surface area contributed by atoms with Gasteiger partial charge in [-0.3, -0.25) is 0 Å². The number of carboxylic acids is 1. The van der Waals surface area contributed by atoms with Crippen LogP contribution < -0.4 is 4.74 Å². The maximum Gasteiger partial charge on any atom is 0.354 e. The first-order valence-corrected chi connectivity index (χ1v) is 6.02. The molecule has 0 amide bonds. The van der Waals surface area contributed by atoms with Gasteiger partial charge in [0.2, 0.25) is 0 Å². The molecule has 0 aliphatic rings. The number of carboxylic acid groups (broad SMARTS) is 1. The molecule has 0 saturated carbocycles. The van der Waals surface area contributed by atoms with Gasteiger partial charge in [-0.1, -0.05) is 0 Å². The van der Waals surface area contributed by atoms with Gasteiger partial charge in [-0.2, -0.15) is 5.10 Å². The average Bonchev–Trinajstić information content (AvgIpc) is 2.94. The second kappa shape index (κ2) is 4.86. The largest absolute Gasteiger partial charge is 0.497 e. The number of aromatic carboxylic acids is 1. The lowest BCUT2D eigenvalue weighted by Crippen LogP contribution is -2.08. The minimum Gasteiger partial charge on any atom is -0.497 e. The van der Waals surface area contributed by atoms with Gasteiger partial charge in [-0.15, -0.1) is 0 Å². The summed E-state index contributed by atoms with van der Waals surface area (Å²) in [7, 11) is 1.44. The highest BCUT2D eigenvalue weighted by Gasteiger charge is 2.15. The maximum atomic E-state index is 14.1. The number of methoxy groups -OCH3 is 1. The molecule has 2 heterocycles. The molecule has 0 aliphatic heterocycles. The lowest BCUT2D eigenvalue weighted by atomic mass is 10.1. The highest BCUT2D eigenvalue weighted by molar-refractivity contribution is 5.88. The molecule has 0 saturated heterocycles. The Morgan fingerprint density at radius 1 is 1.33 bits per heavy atom. The Hall–Kier alpha value is -2.96. The quantitative estimate of drug-likeness (QED) is 0.799. The number of rotatable bonds is 3. The second-order valence-corrected chi connectivity index (χ2v) is 4.28. The molecule has 6 nitrogen and oxygen atoms in total. The van der Waals surface area contributed by atoms with Gasteiger partial charge < -0.3 is 9.84 Å². The molecule has 0 aliphatic carbocycles.